The molecule has 0 heterocycles. The zero-order valence-corrected chi connectivity index (χ0v) is 8.68. The first kappa shape index (κ1) is 10.3. The van der Waals surface area contributed by atoms with Gasteiger partial charge in [0.25, 0.3) is 0 Å². The van der Waals surface area contributed by atoms with E-state index in [1.807, 2.05) is 0 Å². The molecule has 4 atom stereocenters. The van der Waals surface area contributed by atoms with Gasteiger partial charge in [0, 0.05) is 18.0 Å². The first-order valence-electron chi connectivity index (χ1n) is 5.71. The fourth-order valence-electron chi connectivity index (χ4n) is 2.46. The first-order valence-corrected chi connectivity index (χ1v) is 5.71. The lowest BCUT2D eigenvalue weighted by Gasteiger charge is -2.29. The van der Waals surface area contributed by atoms with Gasteiger partial charge in [0.15, 0.2) is 0 Å². The van der Waals surface area contributed by atoms with Crippen LogP contribution < -0.4 is 5.32 Å². The van der Waals surface area contributed by atoms with Gasteiger partial charge in [-0.1, -0.05) is 13.3 Å². The summed E-state index contributed by atoms with van der Waals surface area (Å²) < 4.78 is 25.0. The molecule has 14 heavy (non-hydrogen) atoms. The lowest BCUT2D eigenvalue weighted by Crippen LogP contribution is -2.37. The maximum Gasteiger partial charge on any atom is 0.241 e. The molecule has 0 aromatic carbocycles. The van der Waals surface area contributed by atoms with E-state index in [0.29, 0.717) is 18.5 Å². The second-order valence-electron chi connectivity index (χ2n) is 4.94. The molecule has 2 rings (SSSR count). The minimum absolute atomic E-state index is 0.352. The van der Waals surface area contributed by atoms with Crippen LogP contribution in [0.15, 0.2) is 0 Å². The van der Waals surface area contributed by atoms with E-state index >= 15 is 0 Å². The molecule has 4 unspecified atom stereocenters. The van der Waals surface area contributed by atoms with E-state index in [1.165, 1.54) is 6.42 Å². The van der Waals surface area contributed by atoms with Crippen molar-refractivity contribution in [1.82, 2.24) is 5.32 Å². The van der Waals surface area contributed by atoms with Crippen molar-refractivity contribution in [2.24, 2.45) is 11.8 Å². The molecule has 3 heteroatoms. The number of alkyl halides is 2. The highest BCUT2D eigenvalue weighted by molar-refractivity contribution is 4.93. The molecule has 0 spiro atoms. The normalized spacial score (nSPS) is 42.9. The largest absolute Gasteiger partial charge is 0.311 e. The van der Waals surface area contributed by atoms with E-state index in [0.717, 1.165) is 25.2 Å². The molecule has 2 aliphatic rings. The summed E-state index contributed by atoms with van der Waals surface area (Å²) in [7, 11) is 0. The van der Waals surface area contributed by atoms with E-state index in [1.54, 1.807) is 0 Å². The van der Waals surface area contributed by atoms with E-state index in [-0.39, 0.29) is 5.92 Å². The monoisotopic (exact) mass is 203 g/mol. The summed E-state index contributed by atoms with van der Waals surface area (Å²) in [5.74, 6) is 0.414. The highest BCUT2D eigenvalue weighted by atomic mass is 19.3. The molecule has 0 aromatic rings. The van der Waals surface area contributed by atoms with Crippen LogP contribution >= 0.6 is 0 Å². The second kappa shape index (κ2) is 4.13. The Hall–Kier alpha value is -0.180. The fourth-order valence-corrected chi connectivity index (χ4v) is 2.46. The summed E-state index contributed by atoms with van der Waals surface area (Å²) in [6.07, 6.45) is 2.57. The highest BCUT2D eigenvalue weighted by Gasteiger charge is 2.36. The van der Waals surface area contributed by atoms with E-state index in [2.05, 4.69) is 12.2 Å². The molecule has 0 saturated heterocycles. The summed E-state index contributed by atoms with van der Waals surface area (Å²) in [6.45, 7) is 2.21. The Bertz CT molecular complexity index is 196. The number of nitrogens with one attached hydrogen (secondary N) is 1. The molecule has 0 aliphatic heterocycles. The van der Waals surface area contributed by atoms with Gasteiger partial charge in [-0.2, -0.15) is 0 Å². The van der Waals surface area contributed by atoms with Crippen LogP contribution in [0.2, 0.25) is 0 Å². The van der Waals surface area contributed by atoms with Crippen molar-refractivity contribution in [3.05, 3.63) is 0 Å². The summed E-state index contributed by atoms with van der Waals surface area (Å²) >= 11 is 0. The fraction of sp³-hybridized carbons (Fsp3) is 1.00. The average molecular weight is 203 g/mol. The van der Waals surface area contributed by atoms with Gasteiger partial charge in [0.05, 0.1) is 0 Å². The van der Waals surface area contributed by atoms with Crippen molar-refractivity contribution in [1.29, 1.82) is 0 Å². The molecule has 0 radical (unpaired) electrons. The number of hydrogen-bond donors (Lipinski definition) is 1. The van der Waals surface area contributed by atoms with E-state index < -0.39 is 6.43 Å². The Morgan fingerprint density at radius 2 is 1.93 bits per heavy atom. The van der Waals surface area contributed by atoms with Crippen LogP contribution in [0.3, 0.4) is 0 Å². The Labute approximate surface area is 84.3 Å². The van der Waals surface area contributed by atoms with Gasteiger partial charge >= 0.3 is 0 Å². The van der Waals surface area contributed by atoms with E-state index in [9.17, 15) is 8.78 Å². The summed E-state index contributed by atoms with van der Waals surface area (Å²) in [5.41, 5.74) is 0. The standard InChI is InChI=1S/C11H19F2N/c1-7-5-10(7)14-9-4-2-3-8(6-9)11(12)13/h7-11,14H,2-6H2,1H3. The lowest BCUT2D eigenvalue weighted by atomic mass is 9.86. The van der Waals surface area contributed by atoms with Crippen LogP contribution in [-0.4, -0.2) is 18.5 Å². The molecule has 0 amide bonds. The predicted molar refractivity (Wildman–Crippen MR) is 52.5 cm³/mol. The second-order valence-corrected chi connectivity index (χ2v) is 4.94. The predicted octanol–water partition coefficient (Wildman–Crippen LogP) is 2.81. The molecule has 0 bridgehead atoms. The SMILES string of the molecule is CC1CC1NC1CCCC(C(F)F)C1. The van der Waals surface area contributed by atoms with Crippen molar-refractivity contribution < 1.29 is 8.78 Å². The third-order valence-electron chi connectivity index (χ3n) is 3.63. The quantitative estimate of drug-likeness (QED) is 0.743. The molecule has 2 aliphatic carbocycles. The van der Waals surface area contributed by atoms with Crippen molar-refractivity contribution in [3.8, 4) is 0 Å². The molecule has 0 aromatic heterocycles. The lowest BCUT2D eigenvalue weighted by molar-refractivity contribution is 0.0476. The summed E-state index contributed by atoms with van der Waals surface area (Å²) in [6, 6.07) is 0.981. The van der Waals surface area contributed by atoms with Crippen LogP contribution in [0.25, 0.3) is 0 Å². The molecular weight excluding hydrogens is 184 g/mol. The highest BCUT2D eigenvalue weighted by Crippen LogP contribution is 2.34. The molecule has 2 fully saturated rings. The molecular formula is C11H19F2N. The van der Waals surface area contributed by atoms with Gasteiger partial charge in [-0.15, -0.1) is 0 Å². The van der Waals surface area contributed by atoms with Crippen LogP contribution in [0, 0.1) is 11.8 Å². The Morgan fingerprint density at radius 1 is 1.21 bits per heavy atom. The maximum absolute atomic E-state index is 12.5. The van der Waals surface area contributed by atoms with Crippen molar-refractivity contribution in [3.63, 3.8) is 0 Å². The summed E-state index contributed by atoms with van der Waals surface area (Å²) in [4.78, 5) is 0. The topological polar surface area (TPSA) is 12.0 Å². The Kier molecular flexibility index (Phi) is 3.05. The maximum atomic E-state index is 12.5. The molecule has 1 nitrogen and oxygen atoms in total. The third kappa shape index (κ3) is 2.44. The van der Waals surface area contributed by atoms with E-state index in [4.69, 9.17) is 0 Å². The van der Waals surface area contributed by atoms with Crippen molar-refractivity contribution in [2.75, 3.05) is 0 Å². The smallest absolute Gasteiger partial charge is 0.241 e. The van der Waals surface area contributed by atoms with Gasteiger partial charge in [0.1, 0.15) is 0 Å². The zero-order valence-electron chi connectivity index (χ0n) is 8.68. The van der Waals surface area contributed by atoms with Crippen LogP contribution in [0.4, 0.5) is 8.78 Å². The molecule has 82 valence electrons. The van der Waals surface area contributed by atoms with Crippen LogP contribution in [0.1, 0.15) is 39.0 Å². The Balaban J connectivity index is 1.76. The third-order valence-corrected chi connectivity index (χ3v) is 3.63. The number of halogens is 2. The van der Waals surface area contributed by atoms with Crippen LogP contribution in [-0.2, 0) is 0 Å². The first-order chi connectivity index (χ1) is 6.66. The van der Waals surface area contributed by atoms with Crippen molar-refractivity contribution in [2.45, 2.75) is 57.5 Å². The minimum Gasteiger partial charge on any atom is -0.311 e. The van der Waals surface area contributed by atoms with Crippen molar-refractivity contribution >= 4 is 0 Å². The minimum atomic E-state index is -2.11. The van der Waals surface area contributed by atoms with Gasteiger partial charge in [-0.05, 0) is 31.6 Å². The number of rotatable bonds is 3. The summed E-state index contributed by atoms with van der Waals surface area (Å²) in [5, 5.41) is 3.49. The van der Waals surface area contributed by atoms with Gasteiger partial charge < -0.3 is 5.32 Å². The molecule has 2 saturated carbocycles. The molecule has 1 N–H and O–H groups in total. The van der Waals surface area contributed by atoms with Gasteiger partial charge in [0.2, 0.25) is 6.43 Å². The number of hydrogen-bond acceptors (Lipinski definition) is 1. The van der Waals surface area contributed by atoms with Gasteiger partial charge in [-0.25, -0.2) is 8.78 Å². The Morgan fingerprint density at radius 3 is 2.50 bits per heavy atom. The van der Waals surface area contributed by atoms with Gasteiger partial charge in [-0.3, -0.25) is 0 Å². The average Bonchev–Trinajstić information content (AvgIpc) is 2.82. The zero-order chi connectivity index (χ0) is 10.1. The van der Waals surface area contributed by atoms with Crippen LogP contribution in [0.5, 0.6) is 0 Å².